The summed E-state index contributed by atoms with van der Waals surface area (Å²) in [5, 5.41) is 6.74. The van der Waals surface area contributed by atoms with Gasteiger partial charge in [-0.1, -0.05) is 12.1 Å². The first-order valence-corrected chi connectivity index (χ1v) is 7.35. The molecule has 0 saturated carbocycles. The smallest absolute Gasteiger partial charge is 0.196 e. The maximum Gasteiger partial charge on any atom is 0.196 e. The minimum absolute atomic E-state index is 0.291. The molecule has 0 amide bonds. The molecular weight excluding hydrogens is 262 g/mol. The molecule has 5 nitrogen and oxygen atoms in total. The van der Waals surface area contributed by atoms with Crippen molar-refractivity contribution in [2.45, 2.75) is 31.8 Å². The summed E-state index contributed by atoms with van der Waals surface area (Å²) in [6.07, 6.45) is 6.83. The van der Waals surface area contributed by atoms with Crippen LogP contribution in [0.25, 0.3) is 0 Å². The van der Waals surface area contributed by atoms with Crippen LogP contribution in [0.3, 0.4) is 0 Å². The molecule has 1 unspecified atom stereocenters. The second-order valence-electron chi connectivity index (χ2n) is 5.44. The molecule has 1 aromatic carbocycles. The van der Waals surface area contributed by atoms with Gasteiger partial charge < -0.3 is 10.6 Å². The number of anilines is 1. The lowest BCUT2D eigenvalue weighted by atomic mass is 9.86. The van der Waals surface area contributed by atoms with Crippen molar-refractivity contribution >= 4 is 11.6 Å². The van der Waals surface area contributed by atoms with Crippen molar-refractivity contribution < 1.29 is 0 Å². The first-order chi connectivity index (χ1) is 10.4. The lowest BCUT2D eigenvalue weighted by Crippen LogP contribution is -2.35. The van der Waals surface area contributed by atoms with E-state index >= 15 is 0 Å². The summed E-state index contributed by atoms with van der Waals surface area (Å²) in [6.45, 7) is 0.649. The lowest BCUT2D eigenvalue weighted by molar-refractivity contribution is 0.567. The third-order valence-corrected chi connectivity index (χ3v) is 4.07. The van der Waals surface area contributed by atoms with Crippen molar-refractivity contribution in [1.82, 2.24) is 15.3 Å². The maximum atomic E-state index is 4.82. The van der Waals surface area contributed by atoms with Crippen LogP contribution in [0.1, 0.15) is 35.7 Å². The summed E-state index contributed by atoms with van der Waals surface area (Å²) in [5.41, 5.74) is 4.97. The Labute approximate surface area is 123 Å². The number of guanidine groups is 1. The highest BCUT2D eigenvalue weighted by molar-refractivity contribution is 5.96. The monoisotopic (exact) mass is 279 g/mol. The van der Waals surface area contributed by atoms with Crippen LogP contribution in [0, 0.1) is 0 Å². The van der Waals surface area contributed by atoms with Crippen LogP contribution in [0.2, 0.25) is 0 Å². The topological polar surface area (TPSA) is 62.2 Å². The molecule has 5 heteroatoms. The maximum absolute atomic E-state index is 4.82. The van der Waals surface area contributed by atoms with Gasteiger partial charge in [-0.2, -0.15) is 0 Å². The van der Waals surface area contributed by atoms with E-state index in [1.807, 2.05) is 6.07 Å². The Morgan fingerprint density at radius 3 is 3.19 bits per heavy atom. The lowest BCUT2D eigenvalue weighted by Gasteiger charge is -2.30. The second-order valence-corrected chi connectivity index (χ2v) is 5.44. The van der Waals surface area contributed by atoms with Gasteiger partial charge in [0.1, 0.15) is 6.33 Å². The van der Waals surface area contributed by atoms with Crippen molar-refractivity contribution in [1.29, 1.82) is 0 Å². The zero-order valence-corrected chi connectivity index (χ0v) is 11.7. The summed E-state index contributed by atoms with van der Waals surface area (Å²) in [6, 6.07) is 8.68. The Hall–Kier alpha value is -2.43. The molecule has 1 aliphatic heterocycles. The minimum Gasteiger partial charge on any atom is -0.350 e. The van der Waals surface area contributed by atoms with Gasteiger partial charge in [0.15, 0.2) is 5.96 Å². The Bertz CT molecular complexity index is 680. The molecule has 0 fully saturated rings. The van der Waals surface area contributed by atoms with Gasteiger partial charge in [0, 0.05) is 17.4 Å². The van der Waals surface area contributed by atoms with Gasteiger partial charge in [-0.3, -0.25) is 0 Å². The number of aromatic nitrogens is 2. The highest BCUT2D eigenvalue weighted by atomic mass is 15.2. The zero-order valence-electron chi connectivity index (χ0n) is 11.7. The van der Waals surface area contributed by atoms with Gasteiger partial charge in [0.2, 0.25) is 0 Å². The van der Waals surface area contributed by atoms with E-state index in [1.54, 1.807) is 12.5 Å². The van der Waals surface area contributed by atoms with Gasteiger partial charge in [0.25, 0.3) is 0 Å². The van der Waals surface area contributed by atoms with Crippen LogP contribution in [0.15, 0.2) is 41.8 Å². The fourth-order valence-corrected chi connectivity index (χ4v) is 3.10. The predicted octanol–water partition coefficient (Wildman–Crippen LogP) is 2.43. The minimum atomic E-state index is 0.291. The fraction of sp³-hybridized carbons (Fsp3) is 0.312. The van der Waals surface area contributed by atoms with Crippen molar-refractivity contribution in [2.24, 2.45) is 4.99 Å². The molecule has 0 bridgehead atoms. The van der Waals surface area contributed by atoms with Gasteiger partial charge in [-0.15, -0.1) is 0 Å². The fourth-order valence-electron chi connectivity index (χ4n) is 3.10. The molecule has 0 radical (unpaired) electrons. The molecule has 2 N–H and O–H groups in total. The molecular formula is C16H17N5. The molecule has 1 aromatic heterocycles. The largest absolute Gasteiger partial charge is 0.350 e. The first kappa shape index (κ1) is 12.3. The number of hydrogen-bond acceptors (Lipinski definition) is 5. The van der Waals surface area contributed by atoms with Crippen LogP contribution in [-0.2, 0) is 13.0 Å². The summed E-state index contributed by atoms with van der Waals surface area (Å²) in [7, 11) is 0. The Kier molecular flexibility index (Phi) is 3.03. The van der Waals surface area contributed by atoms with Crippen molar-refractivity contribution in [3.63, 3.8) is 0 Å². The standard InChI is InChI=1S/C16H17N5/c1-3-11-4-2-6-14-15(11)13(5-1)20-16(21-14)18-9-12-7-8-17-10-19-12/h1,3,5,7-8,10,14H,2,4,6,9H2,(H2,18,20,21). The Morgan fingerprint density at radius 1 is 1.29 bits per heavy atom. The van der Waals surface area contributed by atoms with Gasteiger partial charge in [-0.05, 0) is 37.0 Å². The van der Waals surface area contributed by atoms with Crippen molar-refractivity contribution in [2.75, 3.05) is 5.32 Å². The summed E-state index contributed by atoms with van der Waals surface area (Å²) in [4.78, 5) is 13.0. The predicted molar refractivity (Wildman–Crippen MR) is 82.1 cm³/mol. The van der Waals surface area contributed by atoms with Crippen molar-refractivity contribution in [3.8, 4) is 0 Å². The highest BCUT2D eigenvalue weighted by Crippen LogP contribution is 2.39. The molecule has 1 aliphatic carbocycles. The summed E-state index contributed by atoms with van der Waals surface area (Å²) in [5.74, 6) is 0.838. The van der Waals surface area contributed by atoms with E-state index in [4.69, 9.17) is 4.99 Å². The molecule has 4 rings (SSSR count). The van der Waals surface area contributed by atoms with E-state index in [9.17, 15) is 0 Å². The third-order valence-electron chi connectivity index (χ3n) is 4.07. The number of nitrogens with zero attached hydrogens (tertiary/aromatic N) is 3. The average Bonchev–Trinajstić information content (AvgIpc) is 2.54. The Balaban J connectivity index is 1.55. The number of aryl methyl sites for hydroxylation is 1. The molecule has 0 saturated heterocycles. The molecule has 2 aliphatic rings. The number of nitrogens with one attached hydrogen (secondary N) is 2. The van der Waals surface area contributed by atoms with Crippen LogP contribution >= 0.6 is 0 Å². The zero-order chi connectivity index (χ0) is 14.1. The van der Waals surface area contributed by atoms with E-state index in [1.165, 1.54) is 29.7 Å². The van der Waals surface area contributed by atoms with E-state index in [0.29, 0.717) is 12.6 Å². The number of aliphatic imine (C=N–C) groups is 1. The SMILES string of the molecule is c1cc2c3c(c1)NC(NCc1ccncn1)=NC3CCC2. The second kappa shape index (κ2) is 5.16. The van der Waals surface area contributed by atoms with Gasteiger partial charge in [-0.25, -0.2) is 15.0 Å². The molecule has 2 aromatic rings. The Morgan fingerprint density at radius 2 is 2.29 bits per heavy atom. The quantitative estimate of drug-likeness (QED) is 0.886. The molecule has 2 heterocycles. The van der Waals surface area contributed by atoms with Gasteiger partial charge in [0.05, 0.1) is 18.3 Å². The summed E-state index contributed by atoms with van der Waals surface area (Å²) >= 11 is 0. The van der Waals surface area contributed by atoms with E-state index < -0.39 is 0 Å². The number of rotatable bonds is 2. The van der Waals surface area contributed by atoms with Crippen LogP contribution < -0.4 is 10.6 Å². The molecule has 0 spiro atoms. The van der Waals surface area contributed by atoms with E-state index in [0.717, 1.165) is 18.1 Å². The average molecular weight is 279 g/mol. The van der Waals surface area contributed by atoms with Crippen LogP contribution in [-0.4, -0.2) is 15.9 Å². The van der Waals surface area contributed by atoms with Crippen LogP contribution in [0.5, 0.6) is 0 Å². The van der Waals surface area contributed by atoms with Crippen molar-refractivity contribution in [3.05, 3.63) is 53.6 Å². The highest BCUT2D eigenvalue weighted by Gasteiger charge is 2.26. The van der Waals surface area contributed by atoms with E-state index in [-0.39, 0.29) is 0 Å². The number of hydrogen-bond donors (Lipinski definition) is 2. The van der Waals surface area contributed by atoms with Gasteiger partial charge >= 0.3 is 0 Å². The van der Waals surface area contributed by atoms with E-state index in [2.05, 4.69) is 38.8 Å². The first-order valence-electron chi connectivity index (χ1n) is 7.35. The molecule has 21 heavy (non-hydrogen) atoms. The molecule has 106 valence electrons. The summed E-state index contributed by atoms with van der Waals surface area (Å²) < 4.78 is 0. The molecule has 1 atom stereocenters. The normalized spacial score (nSPS) is 19.2. The third kappa shape index (κ3) is 2.35. The van der Waals surface area contributed by atoms with Crippen LogP contribution in [0.4, 0.5) is 5.69 Å². The number of benzene rings is 1.